The van der Waals surface area contributed by atoms with E-state index in [9.17, 15) is 0 Å². The molecule has 0 bridgehead atoms. The van der Waals surface area contributed by atoms with E-state index in [0.717, 1.165) is 12.2 Å². The molecule has 0 aliphatic carbocycles. The van der Waals surface area contributed by atoms with Gasteiger partial charge in [0.05, 0.1) is 6.54 Å². The Bertz CT molecular complexity index is 643. The van der Waals surface area contributed by atoms with Gasteiger partial charge in [0.1, 0.15) is 0 Å². The predicted octanol–water partition coefficient (Wildman–Crippen LogP) is 3.86. The van der Waals surface area contributed by atoms with Crippen molar-refractivity contribution in [2.75, 3.05) is 18.9 Å². The van der Waals surface area contributed by atoms with Crippen LogP contribution in [-0.4, -0.2) is 30.5 Å². The van der Waals surface area contributed by atoms with E-state index in [4.69, 9.17) is 5.73 Å². The van der Waals surface area contributed by atoms with E-state index in [2.05, 4.69) is 66.4 Å². The van der Waals surface area contributed by atoms with Crippen LogP contribution in [0.2, 0.25) is 0 Å². The minimum absolute atomic E-state index is 0. The first kappa shape index (κ1) is 20.4. The Labute approximate surface area is 162 Å². The van der Waals surface area contributed by atoms with Crippen LogP contribution in [0.25, 0.3) is 0 Å². The molecule has 3 N–H and O–H groups in total. The highest BCUT2D eigenvalue weighted by atomic mass is 127. The van der Waals surface area contributed by atoms with Gasteiger partial charge < -0.3 is 11.1 Å². The zero-order valence-electron chi connectivity index (χ0n) is 14.6. The Hall–Kier alpha value is -1.60. The summed E-state index contributed by atoms with van der Waals surface area (Å²) >= 11 is 0. The van der Waals surface area contributed by atoms with Crippen molar-refractivity contribution in [2.45, 2.75) is 26.4 Å². The second-order valence-electron chi connectivity index (χ2n) is 5.97. The van der Waals surface area contributed by atoms with Gasteiger partial charge in [-0.2, -0.15) is 0 Å². The third-order valence-electron chi connectivity index (χ3n) is 3.84. The number of guanidine groups is 1. The maximum Gasteiger partial charge on any atom is 0.193 e. The van der Waals surface area contributed by atoms with Crippen molar-refractivity contribution in [1.29, 1.82) is 0 Å². The largest absolute Gasteiger partial charge is 0.370 e. The van der Waals surface area contributed by atoms with Crippen LogP contribution in [0.3, 0.4) is 0 Å². The lowest BCUT2D eigenvalue weighted by Gasteiger charge is -2.23. The fourth-order valence-electron chi connectivity index (χ4n) is 2.31. The second-order valence-corrected chi connectivity index (χ2v) is 5.97. The van der Waals surface area contributed by atoms with Crippen LogP contribution in [0, 0.1) is 6.92 Å². The van der Waals surface area contributed by atoms with E-state index >= 15 is 0 Å². The smallest absolute Gasteiger partial charge is 0.193 e. The van der Waals surface area contributed by atoms with Gasteiger partial charge in [0.25, 0.3) is 0 Å². The van der Waals surface area contributed by atoms with Gasteiger partial charge in [0.2, 0.25) is 0 Å². The molecule has 0 fully saturated rings. The van der Waals surface area contributed by atoms with Gasteiger partial charge in [0.15, 0.2) is 5.96 Å². The van der Waals surface area contributed by atoms with Crippen LogP contribution >= 0.6 is 24.0 Å². The first-order valence-electron chi connectivity index (χ1n) is 7.92. The zero-order valence-corrected chi connectivity index (χ0v) is 16.9. The average Bonchev–Trinajstić information content (AvgIpc) is 2.53. The molecule has 24 heavy (non-hydrogen) atoms. The Kier molecular flexibility index (Phi) is 8.78. The summed E-state index contributed by atoms with van der Waals surface area (Å²) in [5.74, 6) is 0.454. The molecule has 0 aliphatic heterocycles. The number of hydrogen-bond acceptors (Lipinski definition) is 2. The van der Waals surface area contributed by atoms with Gasteiger partial charge in [-0.1, -0.05) is 42.5 Å². The van der Waals surface area contributed by atoms with Crippen LogP contribution in [0.4, 0.5) is 5.69 Å². The van der Waals surface area contributed by atoms with E-state index in [0.29, 0.717) is 18.5 Å². The third-order valence-corrected chi connectivity index (χ3v) is 3.84. The summed E-state index contributed by atoms with van der Waals surface area (Å²) in [6.07, 6.45) is 0. The fourth-order valence-corrected chi connectivity index (χ4v) is 2.31. The molecule has 0 heterocycles. The van der Waals surface area contributed by atoms with Gasteiger partial charge >= 0.3 is 0 Å². The molecule has 0 radical (unpaired) electrons. The Morgan fingerprint density at radius 3 is 2.54 bits per heavy atom. The number of nitrogens with two attached hydrogens (primary N) is 1. The molecule has 0 aromatic heterocycles. The van der Waals surface area contributed by atoms with Gasteiger partial charge in [-0.05, 0) is 44.2 Å². The monoisotopic (exact) mass is 438 g/mol. The number of rotatable bonds is 6. The van der Waals surface area contributed by atoms with E-state index in [1.54, 1.807) is 0 Å². The number of nitrogens with zero attached hydrogens (tertiary/aromatic N) is 2. The molecule has 0 aliphatic rings. The highest BCUT2D eigenvalue weighted by molar-refractivity contribution is 14.0. The van der Waals surface area contributed by atoms with Crippen molar-refractivity contribution in [3.05, 3.63) is 65.7 Å². The number of hydrogen-bond donors (Lipinski definition) is 2. The van der Waals surface area contributed by atoms with Gasteiger partial charge in [-0.3, -0.25) is 9.89 Å². The quantitative estimate of drug-likeness (QED) is 0.409. The first-order chi connectivity index (χ1) is 11.0. The summed E-state index contributed by atoms with van der Waals surface area (Å²) in [7, 11) is 2.11. The maximum atomic E-state index is 5.98. The molecule has 1 unspecified atom stereocenters. The molecule has 1 atom stereocenters. The van der Waals surface area contributed by atoms with E-state index in [-0.39, 0.29) is 24.0 Å². The average molecular weight is 438 g/mol. The number of benzene rings is 2. The minimum atomic E-state index is 0. The number of anilines is 1. The van der Waals surface area contributed by atoms with Crippen LogP contribution < -0.4 is 11.1 Å². The topological polar surface area (TPSA) is 53.6 Å². The van der Waals surface area contributed by atoms with Gasteiger partial charge in [-0.25, -0.2) is 0 Å². The molecular formula is C19H27IN4. The number of likely N-dealkylation sites (N-methyl/N-ethyl adjacent to an activating group) is 1. The first-order valence-corrected chi connectivity index (χ1v) is 7.92. The molecule has 4 nitrogen and oxygen atoms in total. The molecule has 0 saturated carbocycles. The van der Waals surface area contributed by atoms with Crippen molar-refractivity contribution in [3.63, 3.8) is 0 Å². The number of aliphatic imine (C=N–C) groups is 1. The highest BCUT2D eigenvalue weighted by Crippen LogP contribution is 2.09. The van der Waals surface area contributed by atoms with Crippen LogP contribution in [0.1, 0.15) is 18.1 Å². The molecule has 0 spiro atoms. The summed E-state index contributed by atoms with van der Waals surface area (Å²) < 4.78 is 0. The van der Waals surface area contributed by atoms with E-state index < -0.39 is 0 Å². The highest BCUT2D eigenvalue weighted by Gasteiger charge is 2.09. The second kappa shape index (κ2) is 10.3. The Morgan fingerprint density at radius 2 is 1.88 bits per heavy atom. The Balaban J connectivity index is 0.00000288. The van der Waals surface area contributed by atoms with Crippen molar-refractivity contribution in [1.82, 2.24) is 4.90 Å². The van der Waals surface area contributed by atoms with Crippen LogP contribution in [-0.2, 0) is 6.54 Å². The van der Waals surface area contributed by atoms with Gasteiger partial charge in [-0.15, -0.1) is 24.0 Å². The lowest BCUT2D eigenvalue weighted by atomic mass is 10.2. The van der Waals surface area contributed by atoms with Crippen molar-refractivity contribution in [2.24, 2.45) is 10.7 Å². The molecule has 130 valence electrons. The third kappa shape index (κ3) is 6.88. The molecule has 0 saturated heterocycles. The van der Waals surface area contributed by atoms with Crippen molar-refractivity contribution >= 4 is 35.6 Å². The molecule has 2 aromatic rings. The minimum Gasteiger partial charge on any atom is -0.370 e. The molecule has 2 aromatic carbocycles. The lowest BCUT2D eigenvalue weighted by molar-refractivity contribution is 0.255. The number of nitrogens with one attached hydrogen (secondary N) is 1. The van der Waals surface area contributed by atoms with E-state index in [1.807, 2.05) is 24.3 Å². The summed E-state index contributed by atoms with van der Waals surface area (Å²) in [6, 6.07) is 18.8. The summed E-state index contributed by atoms with van der Waals surface area (Å²) in [5, 5.41) is 3.14. The van der Waals surface area contributed by atoms with E-state index in [1.165, 1.54) is 11.1 Å². The number of aryl methyl sites for hydroxylation is 1. The fraction of sp³-hybridized carbons (Fsp3) is 0.316. The van der Waals surface area contributed by atoms with Crippen LogP contribution in [0.15, 0.2) is 59.6 Å². The predicted molar refractivity (Wildman–Crippen MR) is 114 cm³/mol. The molecular weight excluding hydrogens is 411 g/mol. The van der Waals surface area contributed by atoms with Crippen molar-refractivity contribution < 1.29 is 0 Å². The van der Waals surface area contributed by atoms with Crippen molar-refractivity contribution in [3.8, 4) is 0 Å². The summed E-state index contributed by atoms with van der Waals surface area (Å²) in [6.45, 7) is 5.78. The summed E-state index contributed by atoms with van der Waals surface area (Å²) in [5.41, 5.74) is 9.44. The molecule has 0 amide bonds. The standard InChI is InChI=1S/C19H26N4.HI/c1-15-8-7-11-18(12-15)22-19(20)21-13-16(2)23(3)14-17-9-5-4-6-10-17;/h4-12,16H,13-14H2,1-3H3,(H3,20,21,22);1H. The lowest BCUT2D eigenvalue weighted by Crippen LogP contribution is -2.32. The van der Waals surface area contributed by atoms with Gasteiger partial charge in [0, 0.05) is 18.3 Å². The zero-order chi connectivity index (χ0) is 16.7. The normalized spacial score (nSPS) is 12.6. The summed E-state index contributed by atoms with van der Waals surface area (Å²) in [4.78, 5) is 6.73. The maximum absolute atomic E-state index is 5.98. The molecule has 5 heteroatoms. The molecule has 2 rings (SSSR count). The SMILES string of the molecule is Cc1cccc(NC(N)=NCC(C)N(C)Cc2ccccc2)c1.I. The van der Waals surface area contributed by atoms with Crippen LogP contribution in [0.5, 0.6) is 0 Å². The number of halogens is 1. The Morgan fingerprint density at radius 1 is 1.17 bits per heavy atom.